The third-order valence-electron chi connectivity index (χ3n) is 3.67. The molecule has 3 rings (SSSR count). The second-order valence-electron chi connectivity index (χ2n) is 4.92. The van der Waals surface area contributed by atoms with Gasteiger partial charge in [-0.2, -0.15) is 0 Å². The van der Waals surface area contributed by atoms with E-state index in [-0.39, 0.29) is 6.61 Å². The van der Waals surface area contributed by atoms with Crippen molar-refractivity contribution in [1.29, 1.82) is 0 Å². The molecule has 1 aliphatic heterocycles. The number of anilines is 1. The van der Waals surface area contributed by atoms with Crippen LogP contribution in [-0.4, -0.2) is 32.7 Å². The molecule has 5 nitrogen and oxygen atoms in total. The zero-order chi connectivity index (χ0) is 13.1. The molecule has 0 saturated carbocycles. The normalized spacial score (nSPS) is 19.6. The van der Waals surface area contributed by atoms with Crippen LogP contribution in [0.1, 0.15) is 24.6 Å². The lowest BCUT2D eigenvalue weighted by Gasteiger charge is -2.35. The van der Waals surface area contributed by atoms with Crippen LogP contribution in [0.15, 0.2) is 37.1 Å². The van der Waals surface area contributed by atoms with Gasteiger partial charge in [-0.15, -0.1) is 0 Å². The molecule has 1 atom stereocenters. The minimum Gasteiger partial charge on any atom is -0.390 e. The number of aliphatic hydroxyl groups is 1. The van der Waals surface area contributed by atoms with E-state index in [2.05, 4.69) is 19.4 Å². The average Bonchev–Trinajstić information content (AvgIpc) is 3.02. The average molecular weight is 258 g/mol. The second kappa shape index (κ2) is 5.40. The Kier molecular flexibility index (Phi) is 3.46. The van der Waals surface area contributed by atoms with Crippen molar-refractivity contribution < 1.29 is 5.11 Å². The lowest BCUT2D eigenvalue weighted by atomic mass is 10.0. The Morgan fingerprint density at radius 1 is 1.37 bits per heavy atom. The molecule has 0 bridgehead atoms. The van der Waals surface area contributed by atoms with Gasteiger partial charge in [-0.05, 0) is 25.0 Å². The first-order valence-corrected chi connectivity index (χ1v) is 6.65. The second-order valence-corrected chi connectivity index (χ2v) is 4.92. The Hall–Kier alpha value is -1.88. The highest BCUT2D eigenvalue weighted by atomic mass is 16.3. The molecular formula is C14H18N4O. The van der Waals surface area contributed by atoms with Crippen molar-refractivity contribution in [3.8, 4) is 0 Å². The first-order chi connectivity index (χ1) is 9.36. The van der Waals surface area contributed by atoms with Crippen LogP contribution in [0.3, 0.4) is 0 Å². The maximum absolute atomic E-state index is 9.17. The molecule has 1 unspecified atom stereocenters. The van der Waals surface area contributed by atoms with E-state index in [0.29, 0.717) is 6.04 Å². The molecule has 100 valence electrons. The van der Waals surface area contributed by atoms with Gasteiger partial charge in [0.05, 0.1) is 24.7 Å². The number of rotatable bonds is 3. The van der Waals surface area contributed by atoms with E-state index in [9.17, 15) is 0 Å². The molecule has 2 aromatic rings. The van der Waals surface area contributed by atoms with E-state index in [4.69, 9.17) is 5.11 Å². The number of pyridine rings is 1. The summed E-state index contributed by atoms with van der Waals surface area (Å²) in [4.78, 5) is 10.6. The molecule has 3 heterocycles. The fraction of sp³-hybridized carbons (Fsp3) is 0.429. The van der Waals surface area contributed by atoms with Crippen LogP contribution < -0.4 is 4.90 Å². The zero-order valence-corrected chi connectivity index (χ0v) is 10.8. The SMILES string of the molecule is OCc1cc(N2CCCC(n3ccnc3)C2)ccn1. The quantitative estimate of drug-likeness (QED) is 0.908. The van der Waals surface area contributed by atoms with Crippen LogP contribution in [0.25, 0.3) is 0 Å². The number of aliphatic hydroxyl groups excluding tert-OH is 1. The predicted octanol–water partition coefficient (Wildman–Crippen LogP) is 1.61. The Labute approximate surface area is 112 Å². The molecule has 0 amide bonds. The third-order valence-corrected chi connectivity index (χ3v) is 3.67. The smallest absolute Gasteiger partial charge is 0.0949 e. The summed E-state index contributed by atoms with van der Waals surface area (Å²) in [5.74, 6) is 0. The molecule has 2 aromatic heterocycles. The molecule has 0 spiro atoms. The van der Waals surface area contributed by atoms with Gasteiger partial charge in [0.25, 0.3) is 0 Å². The van der Waals surface area contributed by atoms with Crippen LogP contribution in [0.2, 0.25) is 0 Å². The fourth-order valence-electron chi connectivity index (χ4n) is 2.67. The molecule has 1 fully saturated rings. The molecule has 0 aliphatic carbocycles. The Morgan fingerprint density at radius 2 is 2.32 bits per heavy atom. The lowest BCUT2D eigenvalue weighted by Crippen LogP contribution is -2.36. The van der Waals surface area contributed by atoms with E-state index in [1.807, 2.05) is 30.9 Å². The van der Waals surface area contributed by atoms with E-state index in [1.165, 1.54) is 12.8 Å². The van der Waals surface area contributed by atoms with Crippen molar-refractivity contribution in [2.45, 2.75) is 25.5 Å². The maximum Gasteiger partial charge on any atom is 0.0949 e. The number of piperidine rings is 1. The molecule has 1 aliphatic rings. The summed E-state index contributed by atoms with van der Waals surface area (Å²) in [6.07, 6.45) is 9.86. The van der Waals surface area contributed by atoms with E-state index in [1.54, 1.807) is 6.20 Å². The van der Waals surface area contributed by atoms with Crippen molar-refractivity contribution in [3.63, 3.8) is 0 Å². The van der Waals surface area contributed by atoms with Gasteiger partial charge in [0.1, 0.15) is 0 Å². The van der Waals surface area contributed by atoms with Crippen molar-refractivity contribution in [2.75, 3.05) is 18.0 Å². The number of imidazole rings is 1. The van der Waals surface area contributed by atoms with Gasteiger partial charge in [-0.3, -0.25) is 4.98 Å². The van der Waals surface area contributed by atoms with E-state index < -0.39 is 0 Å². The number of nitrogens with zero attached hydrogens (tertiary/aromatic N) is 4. The highest BCUT2D eigenvalue weighted by Crippen LogP contribution is 2.26. The summed E-state index contributed by atoms with van der Waals surface area (Å²) in [6.45, 7) is 2.03. The van der Waals surface area contributed by atoms with Gasteiger partial charge in [0, 0.05) is 37.4 Å². The monoisotopic (exact) mass is 258 g/mol. The van der Waals surface area contributed by atoms with Gasteiger partial charge >= 0.3 is 0 Å². The van der Waals surface area contributed by atoms with Gasteiger partial charge in [0.2, 0.25) is 0 Å². The highest BCUT2D eigenvalue weighted by Gasteiger charge is 2.21. The summed E-state index contributed by atoms with van der Waals surface area (Å²) in [5, 5.41) is 9.17. The first-order valence-electron chi connectivity index (χ1n) is 6.65. The van der Waals surface area contributed by atoms with Crippen LogP contribution in [0.4, 0.5) is 5.69 Å². The van der Waals surface area contributed by atoms with Crippen LogP contribution in [0, 0.1) is 0 Å². The standard InChI is InChI=1S/C14H18N4O/c19-10-12-8-13(3-4-16-12)17-6-1-2-14(9-17)18-7-5-15-11-18/h3-5,7-8,11,14,19H,1-2,6,9-10H2. The highest BCUT2D eigenvalue weighted by molar-refractivity contribution is 5.47. The summed E-state index contributed by atoms with van der Waals surface area (Å²) in [6, 6.07) is 4.45. The molecule has 0 radical (unpaired) electrons. The van der Waals surface area contributed by atoms with Gasteiger partial charge in [-0.1, -0.05) is 0 Å². The van der Waals surface area contributed by atoms with Crippen molar-refractivity contribution in [3.05, 3.63) is 42.7 Å². The molecule has 0 aromatic carbocycles. The topological polar surface area (TPSA) is 54.2 Å². The van der Waals surface area contributed by atoms with Gasteiger partial charge < -0.3 is 14.6 Å². The first kappa shape index (κ1) is 12.2. The lowest BCUT2D eigenvalue weighted by molar-refractivity contribution is 0.277. The number of hydrogen-bond donors (Lipinski definition) is 1. The fourth-order valence-corrected chi connectivity index (χ4v) is 2.67. The number of aromatic nitrogens is 3. The summed E-state index contributed by atoms with van der Waals surface area (Å²) in [5.41, 5.74) is 1.87. The molecule has 1 N–H and O–H groups in total. The summed E-state index contributed by atoms with van der Waals surface area (Å²) >= 11 is 0. The number of hydrogen-bond acceptors (Lipinski definition) is 4. The Morgan fingerprint density at radius 3 is 3.11 bits per heavy atom. The van der Waals surface area contributed by atoms with Crippen LogP contribution in [0.5, 0.6) is 0 Å². The Balaban J connectivity index is 1.77. The molecular weight excluding hydrogens is 240 g/mol. The largest absolute Gasteiger partial charge is 0.390 e. The molecule has 5 heteroatoms. The Bertz CT molecular complexity index is 526. The van der Waals surface area contributed by atoms with Crippen LogP contribution >= 0.6 is 0 Å². The predicted molar refractivity (Wildman–Crippen MR) is 72.9 cm³/mol. The van der Waals surface area contributed by atoms with E-state index in [0.717, 1.165) is 24.5 Å². The summed E-state index contributed by atoms with van der Waals surface area (Å²) < 4.78 is 2.18. The minimum absolute atomic E-state index is 0.00731. The van der Waals surface area contributed by atoms with E-state index >= 15 is 0 Å². The van der Waals surface area contributed by atoms with Crippen molar-refractivity contribution in [1.82, 2.24) is 14.5 Å². The third kappa shape index (κ3) is 2.61. The minimum atomic E-state index is -0.00731. The van der Waals surface area contributed by atoms with Crippen molar-refractivity contribution in [2.24, 2.45) is 0 Å². The van der Waals surface area contributed by atoms with Gasteiger partial charge in [0.15, 0.2) is 0 Å². The maximum atomic E-state index is 9.17. The van der Waals surface area contributed by atoms with Crippen molar-refractivity contribution >= 4 is 5.69 Å². The summed E-state index contributed by atoms with van der Waals surface area (Å²) in [7, 11) is 0. The van der Waals surface area contributed by atoms with Gasteiger partial charge in [-0.25, -0.2) is 4.98 Å². The molecule has 1 saturated heterocycles. The van der Waals surface area contributed by atoms with Crippen LogP contribution in [-0.2, 0) is 6.61 Å². The molecule has 19 heavy (non-hydrogen) atoms. The zero-order valence-electron chi connectivity index (χ0n) is 10.8.